The summed E-state index contributed by atoms with van der Waals surface area (Å²) in [7, 11) is 0. The number of carboxylic acids is 1. The van der Waals surface area contributed by atoms with Gasteiger partial charge in [0.2, 0.25) is 5.91 Å². The van der Waals surface area contributed by atoms with Gasteiger partial charge in [-0.3, -0.25) is 9.59 Å². The molecule has 5 aromatic rings. The van der Waals surface area contributed by atoms with Gasteiger partial charge in [0, 0.05) is 18.4 Å². The van der Waals surface area contributed by atoms with E-state index >= 15 is 0 Å². The molecule has 0 bridgehead atoms. The summed E-state index contributed by atoms with van der Waals surface area (Å²) in [6, 6.07) is 19.9. The van der Waals surface area contributed by atoms with Crippen LogP contribution in [-0.4, -0.2) is 36.6 Å². The number of anilines is 1. The molecular formula is C25H20N4O4. The third-order valence-corrected chi connectivity index (χ3v) is 5.51. The SMILES string of the molecule is O=C(O)Cc1ccc(O)c(NC(=O)CCn2c3ccccc3c3nc4ccccc4nc32)c1. The van der Waals surface area contributed by atoms with Gasteiger partial charge in [-0.05, 0) is 35.9 Å². The van der Waals surface area contributed by atoms with E-state index in [-0.39, 0.29) is 30.2 Å². The number of aromatic nitrogens is 3. The first-order valence-corrected chi connectivity index (χ1v) is 10.5. The van der Waals surface area contributed by atoms with Gasteiger partial charge in [0.25, 0.3) is 0 Å². The molecule has 0 atom stereocenters. The molecule has 0 saturated heterocycles. The van der Waals surface area contributed by atoms with E-state index in [4.69, 9.17) is 15.1 Å². The first-order chi connectivity index (χ1) is 16.0. The van der Waals surface area contributed by atoms with E-state index in [1.54, 1.807) is 0 Å². The number of nitrogens with one attached hydrogen (secondary N) is 1. The quantitative estimate of drug-likeness (QED) is 0.342. The molecule has 3 aromatic carbocycles. The molecule has 3 N–H and O–H groups in total. The van der Waals surface area contributed by atoms with Crippen molar-refractivity contribution in [3.05, 3.63) is 72.3 Å². The average Bonchev–Trinajstić information content (AvgIpc) is 3.10. The van der Waals surface area contributed by atoms with Crippen LogP contribution in [0.15, 0.2) is 66.7 Å². The monoisotopic (exact) mass is 440 g/mol. The van der Waals surface area contributed by atoms with Gasteiger partial charge >= 0.3 is 5.97 Å². The second-order valence-corrected chi connectivity index (χ2v) is 7.77. The number of aromatic hydroxyl groups is 1. The summed E-state index contributed by atoms with van der Waals surface area (Å²) in [6.07, 6.45) is -0.0675. The molecule has 0 fully saturated rings. The van der Waals surface area contributed by atoms with Crippen molar-refractivity contribution in [3.8, 4) is 5.75 Å². The highest BCUT2D eigenvalue weighted by molar-refractivity contribution is 6.06. The Morgan fingerprint density at radius 3 is 2.45 bits per heavy atom. The van der Waals surface area contributed by atoms with E-state index in [9.17, 15) is 14.7 Å². The maximum Gasteiger partial charge on any atom is 0.307 e. The molecule has 33 heavy (non-hydrogen) atoms. The fourth-order valence-corrected chi connectivity index (χ4v) is 4.00. The summed E-state index contributed by atoms with van der Waals surface area (Å²) in [5.41, 5.74) is 4.67. The number of carbonyl (C=O) groups is 2. The van der Waals surface area contributed by atoms with E-state index in [1.165, 1.54) is 18.2 Å². The number of amides is 1. The molecule has 0 spiro atoms. The van der Waals surface area contributed by atoms with Gasteiger partial charge in [0.05, 0.1) is 28.7 Å². The maximum absolute atomic E-state index is 12.7. The molecular weight excluding hydrogens is 420 g/mol. The van der Waals surface area contributed by atoms with Crippen LogP contribution in [-0.2, 0) is 22.6 Å². The number of carbonyl (C=O) groups excluding carboxylic acids is 1. The minimum Gasteiger partial charge on any atom is -0.506 e. The minimum atomic E-state index is -0.988. The van der Waals surface area contributed by atoms with Crippen LogP contribution >= 0.6 is 0 Å². The Bertz CT molecular complexity index is 1540. The summed E-state index contributed by atoms with van der Waals surface area (Å²) in [5.74, 6) is -1.41. The molecule has 0 aliphatic carbocycles. The van der Waals surface area contributed by atoms with Crippen LogP contribution in [0.4, 0.5) is 5.69 Å². The number of carboxylic acid groups (broad SMARTS) is 1. The molecule has 2 aromatic heterocycles. The molecule has 8 nitrogen and oxygen atoms in total. The summed E-state index contributed by atoms with van der Waals surface area (Å²) in [6.45, 7) is 0.360. The number of nitrogens with zero attached hydrogens (tertiary/aromatic N) is 3. The molecule has 8 heteroatoms. The van der Waals surface area contributed by atoms with Crippen molar-refractivity contribution in [1.82, 2.24) is 14.5 Å². The highest BCUT2D eigenvalue weighted by Crippen LogP contribution is 2.29. The van der Waals surface area contributed by atoms with Crippen LogP contribution in [0, 0.1) is 0 Å². The predicted molar refractivity (Wildman–Crippen MR) is 125 cm³/mol. The number of aryl methyl sites for hydroxylation is 1. The lowest BCUT2D eigenvalue weighted by molar-refractivity contribution is -0.136. The summed E-state index contributed by atoms with van der Waals surface area (Å²) >= 11 is 0. The van der Waals surface area contributed by atoms with Crippen LogP contribution in [0.1, 0.15) is 12.0 Å². The number of hydrogen-bond donors (Lipinski definition) is 3. The number of rotatable bonds is 6. The average molecular weight is 440 g/mol. The molecule has 0 aliphatic heterocycles. The molecule has 5 rings (SSSR count). The lowest BCUT2D eigenvalue weighted by atomic mass is 10.1. The van der Waals surface area contributed by atoms with Gasteiger partial charge in [-0.25, -0.2) is 9.97 Å². The number of hydrogen-bond acceptors (Lipinski definition) is 5. The fraction of sp³-hybridized carbons (Fsp3) is 0.120. The molecule has 1 amide bonds. The number of aliphatic carboxylic acids is 1. The third kappa shape index (κ3) is 3.94. The van der Waals surface area contributed by atoms with Crippen molar-refractivity contribution < 1.29 is 19.8 Å². The van der Waals surface area contributed by atoms with Crippen LogP contribution in [0.3, 0.4) is 0 Å². The van der Waals surface area contributed by atoms with E-state index < -0.39 is 5.97 Å². The Morgan fingerprint density at radius 2 is 1.67 bits per heavy atom. The zero-order valence-electron chi connectivity index (χ0n) is 17.5. The Labute approximate surface area is 188 Å². The van der Waals surface area contributed by atoms with E-state index in [1.807, 2.05) is 53.1 Å². The number of phenols is 1. The highest BCUT2D eigenvalue weighted by Gasteiger charge is 2.16. The second kappa shape index (κ2) is 8.23. The summed E-state index contributed by atoms with van der Waals surface area (Å²) in [5, 5.41) is 22.7. The van der Waals surface area contributed by atoms with Gasteiger partial charge in [-0.1, -0.05) is 36.4 Å². The first-order valence-electron chi connectivity index (χ1n) is 10.5. The Balaban J connectivity index is 1.44. The number of para-hydroxylation sites is 3. The van der Waals surface area contributed by atoms with Crippen molar-refractivity contribution in [3.63, 3.8) is 0 Å². The molecule has 0 aliphatic rings. The van der Waals surface area contributed by atoms with Crippen molar-refractivity contribution in [1.29, 1.82) is 0 Å². The Kier molecular flexibility index (Phi) is 5.10. The normalized spacial score (nSPS) is 11.3. The summed E-state index contributed by atoms with van der Waals surface area (Å²) < 4.78 is 1.98. The highest BCUT2D eigenvalue weighted by atomic mass is 16.4. The van der Waals surface area contributed by atoms with Crippen molar-refractivity contribution in [2.75, 3.05) is 5.32 Å². The van der Waals surface area contributed by atoms with Crippen molar-refractivity contribution in [2.45, 2.75) is 19.4 Å². The van der Waals surface area contributed by atoms with Gasteiger partial charge in [-0.2, -0.15) is 0 Å². The number of phenolic OH excluding ortho intramolecular Hbond substituents is 1. The smallest absolute Gasteiger partial charge is 0.307 e. The number of fused-ring (bicyclic) bond motifs is 4. The lowest BCUT2D eigenvalue weighted by Gasteiger charge is -2.10. The topological polar surface area (TPSA) is 117 Å². The molecule has 164 valence electrons. The minimum absolute atomic E-state index is 0.119. The van der Waals surface area contributed by atoms with Gasteiger partial charge in [-0.15, -0.1) is 0 Å². The fourth-order valence-electron chi connectivity index (χ4n) is 4.00. The van der Waals surface area contributed by atoms with Crippen LogP contribution in [0.25, 0.3) is 33.1 Å². The molecule has 0 saturated carbocycles. The zero-order chi connectivity index (χ0) is 22.9. The van der Waals surface area contributed by atoms with E-state index in [0.29, 0.717) is 17.8 Å². The van der Waals surface area contributed by atoms with Crippen LogP contribution < -0.4 is 5.32 Å². The maximum atomic E-state index is 12.7. The van der Waals surface area contributed by atoms with Gasteiger partial charge in [0.15, 0.2) is 5.65 Å². The molecule has 2 heterocycles. The molecule has 0 radical (unpaired) electrons. The lowest BCUT2D eigenvalue weighted by Crippen LogP contribution is -2.15. The second-order valence-electron chi connectivity index (χ2n) is 7.77. The van der Waals surface area contributed by atoms with Crippen LogP contribution in [0.5, 0.6) is 5.75 Å². The van der Waals surface area contributed by atoms with Gasteiger partial charge in [0.1, 0.15) is 11.3 Å². The first kappa shape index (κ1) is 20.4. The van der Waals surface area contributed by atoms with Crippen molar-refractivity contribution >= 4 is 50.7 Å². The third-order valence-electron chi connectivity index (χ3n) is 5.51. The van der Waals surface area contributed by atoms with Gasteiger partial charge < -0.3 is 20.1 Å². The van der Waals surface area contributed by atoms with Crippen LogP contribution in [0.2, 0.25) is 0 Å². The van der Waals surface area contributed by atoms with Crippen molar-refractivity contribution in [2.24, 2.45) is 0 Å². The Hall–Kier alpha value is -4.46. The zero-order valence-corrected chi connectivity index (χ0v) is 17.5. The Morgan fingerprint density at radius 1 is 0.939 bits per heavy atom. The van der Waals surface area contributed by atoms with E-state index in [2.05, 4.69) is 5.32 Å². The number of benzene rings is 3. The standard InChI is InChI=1S/C25H20N4O4/c30-21-10-9-15(14-23(32)33)13-19(21)26-22(31)11-12-29-20-8-4-1-5-16(20)24-25(29)28-18-7-3-2-6-17(18)27-24/h1-10,13,30H,11-12,14H2,(H,26,31)(H,32,33). The summed E-state index contributed by atoms with van der Waals surface area (Å²) in [4.78, 5) is 33.2. The molecule has 0 unspecified atom stereocenters. The predicted octanol–water partition coefficient (Wildman–Crippen LogP) is 4.10. The largest absolute Gasteiger partial charge is 0.506 e. The van der Waals surface area contributed by atoms with E-state index in [0.717, 1.165) is 27.5 Å².